The predicted molar refractivity (Wildman–Crippen MR) is 77.8 cm³/mol. The molecule has 2 aromatic carbocycles. The highest BCUT2D eigenvalue weighted by molar-refractivity contribution is 5.74. The first-order chi connectivity index (χ1) is 10.1. The number of carbonyl (C=O) groups is 1. The third-order valence-electron chi connectivity index (χ3n) is 3.10. The van der Waals surface area contributed by atoms with E-state index in [1.54, 1.807) is 24.3 Å². The molecule has 2 aromatic rings. The normalized spacial score (nSPS) is 13.4. The molecule has 0 aromatic heterocycles. The Morgan fingerprint density at radius 1 is 1.10 bits per heavy atom. The highest BCUT2D eigenvalue weighted by Crippen LogP contribution is 2.20. The highest BCUT2D eigenvalue weighted by Gasteiger charge is 2.23. The van der Waals surface area contributed by atoms with Crippen LogP contribution in [0.3, 0.4) is 0 Å². The SMILES string of the molecule is N[C@H](C(=O)O)C(O)c1ccc(OCc2ccccc2)cc1. The number of aliphatic carboxylic acids is 1. The molecule has 0 fully saturated rings. The van der Waals surface area contributed by atoms with Gasteiger partial charge in [-0.2, -0.15) is 0 Å². The quantitative estimate of drug-likeness (QED) is 0.752. The van der Waals surface area contributed by atoms with Gasteiger partial charge in [0, 0.05) is 0 Å². The van der Waals surface area contributed by atoms with Gasteiger partial charge < -0.3 is 20.7 Å². The van der Waals surface area contributed by atoms with Crippen molar-refractivity contribution in [3.8, 4) is 5.75 Å². The minimum atomic E-state index is -1.35. The van der Waals surface area contributed by atoms with Gasteiger partial charge in [0.05, 0.1) is 0 Å². The maximum absolute atomic E-state index is 10.7. The summed E-state index contributed by atoms with van der Waals surface area (Å²) in [4.78, 5) is 10.7. The first-order valence-corrected chi connectivity index (χ1v) is 6.51. The molecule has 2 atom stereocenters. The molecule has 0 saturated heterocycles. The van der Waals surface area contributed by atoms with Crippen LogP contribution in [0.25, 0.3) is 0 Å². The molecule has 0 aliphatic rings. The standard InChI is InChI=1S/C16H17NO4/c17-14(16(19)20)15(18)12-6-8-13(9-7-12)21-10-11-4-2-1-3-5-11/h1-9,14-15,18H,10,17H2,(H,19,20)/t14-,15?/m0/s1. The number of aliphatic hydroxyl groups excluding tert-OH is 1. The molecule has 2 rings (SSSR count). The van der Waals surface area contributed by atoms with Crippen LogP contribution in [0.4, 0.5) is 0 Å². The van der Waals surface area contributed by atoms with E-state index in [4.69, 9.17) is 15.6 Å². The molecule has 0 amide bonds. The van der Waals surface area contributed by atoms with Gasteiger partial charge in [-0.3, -0.25) is 4.79 Å². The van der Waals surface area contributed by atoms with E-state index in [2.05, 4.69) is 0 Å². The van der Waals surface area contributed by atoms with E-state index in [-0.39, 0.29) is 0 Å². The number of aliphatic hydroxyl groups is 1. The Hall–Kier alpha value is -2.37. The number of hydrogen-bond donors (Lipinski definition) is 3. The maximum Gasteiger partial charge on any atom is 0.323 e. The summed E-state index contributed by atoms with van der Waals surface area (Å²) in [7, 11) is 0. The lowest BCUT2D eigenvalue weighted by atomic mass is 10.0. The average Bonchev–Trinajstić information content (AvgIpc) is 2.53. The van der Waals surface area contributed by atoms with Crippen LogP contribution in [0.15, 0.2) is 54.6 Å². The molecule has 5 nitrogen and oxygen atoms in total. The van der Waals surface area contributed by atoms with Crippen molar-refractivity contribution in [3.63, 3.8) is 0 Å². The number of ether oxygens (including phenoxy) is 1. The zero-order valence-electron chi connectivity index (χ0n) is 11.3. The smallest absolute Gasteiger partial charge is 0.323 e. The zero-order valence-corrected chi connectivity index (χ0v) is 11.3. The molecule has 0 aliphatic carbocycles. The Morgan fingerprint density at radius 3 is 2.29 bits per heavy atom. The Labute approximate surface area is 122 Å². The minimum absolute atomic E-state index is 0.442. The van der Waals surface area contributed by atoms with Crippen LogP contribution in [-0.2, 0) is 11.4 Å². The van der Waals surface area contributed by atoms with E-state index in [0.29, 0.717) is 17.9 Å². The van der Waals surface area contributed by atoms with Gasteiger partial charge in [-0.05, 0) is 23.3 Å². The Balaban J connectivity index is 1.97. The van der Waals surface area contributed by atoms with Crippen LogP contribution in [-0.4, -0.2) is 22.2 Å². The van der Waals surface area contributed by atoms with Crippen LogP contribution < -0.4 is 10.5 Å². The highest BCUT2D eigenvalue weighted by atomic mass is 16.5. The van der Waals surface area contributed by atoms with Crippen LogP contribution in [0, 0.1) is 0 Å². The monoisotopic (exact) mass is 287 g/mol. The van der Waals surface area contributed by atoms with E-state index >= 15 is 0 Å². The largest absolute Gasteiger partial charge is 0.489 e. The molecular formula is C16H17NO4. The van der Waals surface area contributed by atoms with E-state index in [1.807, 2.05) is 30.3 Å². The number of benzene rings is 2. The van der Waals surface area contributed by atoms with Crippen molar-refractivity contribution >= 4 is 5.97 Å². The molecule has 0 spiro atoms. The van der Waals surface area contributed by atoms with Gasteiger partial charge in [0.2, 0.25) is 0 Å². The molecule has 0 bridgehead atoms. The summed E-state index contributed by atoms with van der Waals surface area (Å²) in [6.07, 6.45) is -1.24. The fourth-order valence-corrected chi connectivity index (χ4v) is 1.84. The summed E-state index contributed by atoms with van der Waals surface area (Å²) >= 11 is 0. The lowest BCUT2D eigenvalue weighted by molar-refractivity contribution is -0.141. The summed E-state index contributed by atoms with van der Waals surface area (Å²) < 4.78 is 5.61. The molecule has 1 unspecified atom stereocenters. The Bertz CT molecular complexity index is 583. The molecule has 4 N–H and O–H groups in total. The number of nitrogens with two attached hydrogens (primary N) is 1. The number of hydrogen-bond acceptors (Lipinski definition) is 4. The van der Waals surface area contributed by atoms with Crippen LogP contribution in [0.5, 0.6) is 5.75 Å². The summed E-state index contributed by atoms with van der Waals surface area (Å²) in [5.74, 6) is -0.606. The average molecular weight is 287 g/mol. The van der Waals surface area contributed by atoms with Gasteiger partial charge in [0.25, 0.3) is 0 Å². The zero-order chi connectivity index (χ0) is 15.2. The summed E-state index contributed by atoms with van der Waals surface area (Å²) in [6, 6.07) is 14.9. The van der Waals surface area contributed by atoms with Crippen LogP contribution >= 0.6 is 0 Å². The molecule has 0 heterocycles. The maximum atomic E-state index is 10.7. The predicted octanol–water partition coefficient (Wildman–Crippen LogP) is 1.71. The van der Waals surface area contributed by atoms with Crippen molar-refractivity contribution in [3.05, 3.63) is 65.7 Å². The third kappa shape index (κ3) is 4.05. The number of carboxylic acid groups (broad SMARTS) is 1. The minimum Gasteiger partial charge on any atom is -0.489 e. The second kappa shape index (κ2) is 6.88. The summed E-state index contributed by atoms with van der Waals surface area (Å²) in [5, 5.41) is 18.6. The van der Waals surface area contributed by atoms with E-state index in [0.717, 1.165) is 5.56 Å². The number of carboxylic acids is 1. The van der Waals surface area contributed by atoms with Crippen molar-refractivity contribution in [1.29, 1.82) is 0 Å². The van der Waals surface area contributed by atoms with Gasteiger partial charge >= 0.3 is 5.97 Å². The summed E-state index contributed by atoms with van der Waals surface area (Å²) in [5.41, 5.74) is 6.88. The Kier molecular flexibility index (Phi) is 4.92. The number of rotatable bonds is 6. The lowest BCUT2D eigenvalue weighted by Crippen LogP contribution is -2.36. The molecule has 5 heteroatoms. The lowest BCUT2D eigenvalue weighted by Gasteiger charge is -2.15. The third-order valence-corrected chi connectivity index (χ3v) is 3.10. The van der Waals surface area contributed by atoms with Crippen LogP contribution in [0.2, 0.25) is 0 Å². The molecule has 0 radical (unpaired) electrons. The molecule has 21 heavy (non-hydrogen) atoms. The molecule has 0 saturated carbocycles. The summed E-state index contributed by atoms with van der Waals surface area (Å²) in [6.45, 7) is 0.442. The second-order valence-electron chi connectivity index (χ2n) is 4.65. The topological polar surface area (TPSA) is 92.8 Å². The van der Waals surface area contributed by atoms with Crippen LogP contribution in [0.1, 0.15) is 17.2 Å². The van der Waals surface area contributed by atoms with Gasteiger partial charge in [0.15, 0.2) is 0 Å². The fraction of sp³-hybridized carbons (Fsp3) is 0.188. The van der Waals surface area contributed by atoms with E-state index in [9.17, 15) is 9.90 Å². The van der Waals surface area contributed by atoms with Gasteiger partial charge in [-0.25, -0.2) is 0 Å². The molecular weight excluding hydrogens is 270 g/mol. The van der Waals surface area contributed by atoms with Crippen molar-refractivity contribution < 1.29 is 19.7 Å². The van der Waals surface area contributed by atoms with Gasteiger partial charge in [0.1, 0.15) is 24.5 Å². The second-order valence-corrected chi connectivity index (χ2v) is 4.65. The van der Waals surface area contributed by atoms with Crippen molar-refractivity contribution in [2.24, 2.45) is 5.73 Å². The van der Waals surface area contributed by atoms with Crippen molar-refractivity contribution in [2.45, 2.75) is 18.8 Å². The molecule has 0 aliphatic heterocycles. The first-order valence-electron chi connectivity index (χ1n) is 6.51. The van der Waals surface area contributed by atoms with E-state index < -0.39 is 18.1 Å². The first kappa shape index (κ1) is 15.0. The molecule has 110 valence electrons. The Morgan fingerprint density at radius 2 is 1.71 bits per heavy atom. The van der Waals surface area contributed by atoms with E-state index in [1.165, 1.54) is 0 Å². The van der Waals surface area contributed by atoms with Gasteiger partial charge in [-0.15, -0.1) is 0 Å². The van der Waals surface area contributed by atoms with Crippen molar-refractivity contribution in [2.75, 3.05) is 0 Å². The van der Waals surface area contributed by atoms with Crippen molar-refractivity contribution in [1.82, 2.24) is 0 Å². The fourth-order valence-electron chi connectivity index (χ4n) is 1.84. The van der Waals surface area contributed by atoms with Gasteiger partial charge in [-0.1, -0.05) is 42.5 Å².